The number of carbonyl (C=O) groups excluding carboxylic acids is 1. The first kappa shape index (κ1) is 14.4. The number of nitro benzene ring substituents is 1. The molecule has 0 bridgehead atoms. The molecule has 0 aliphatic rings. The summed E-state index contributed by atoms with van der Waals surface area (Å²) in [5.41, 5.74) is 0.882. The first-order chi connectivity index (χ1) is 9.54. The molecule has 2 aromatic carbocycles. The summed E-state index contributed by atoms with van der Waals surface area (Å²) in [6, 6.07) is 14.3. The predicted molar refractivity (Wildman–Crippen MR) is 71.2 cm³/mol. The second-order valence-corrected chi connectivity index (χ2v) is 7.05. The molecule has 0 unspecified atom stereocenters. The van der Waals surface area contributed by atoms with Crippen LogP contribution in [0.5, 0.6) is 0 Å². The maximum absolute atomic E-state index is 10.9. The Morgan fingerprint density at radius 3 is 2.00 bits per heavy atom. The van der Waals surface area contributed by atoms with Gasteiger partial charge in [-0.25, -0.2) is 0 Å². The molecule has 2 rings (SSSR count). The molecule has 0 saturated heterocycles. The van der Waals surface area contributed by atoms with E-state index in [2.05, 4.69) is 5.32 Å². The Hall–Kier alpha value is -1.96. The molecule has 0 aromatic heterocycles. The van der Waals surface area contributed by atoms with Crippen LogP contribution in [0, 0.1) is 17.3 Å². The van der Waals surface area contributed by atoms with Crippen molar-refractivity contribution in [3.05, 3.63) is 65.8 Å². The Kier molecular flexibility index (Phi) is 4.67. The van der Waals surface area contributed by atoms with E-state index in [-0.39, 0.29) is 32.8 Å². The summed E-state index contributed by atoms with van der Waals surface area (Å²) >= 11 is -0.373. The van der Waals surface area contributed by atoms with E-state index in [0.29, 0.717) is 0 Å². The predicted octanol–water partition coefficient (Wildman–Crippen LogP) is -0.318. The van der Waals surface area contributed by atoms with E-state index in [1.54, 1.807) is 12.1 Å². The van der Waals surface area contributed by atoms with Gasteiger partial charge in [-0.05, 0) is 0 Å². The summed E-state index contributed by atoms with van der Waals surface area (Å²) in [7, 11) is 0. The van der Waals surface area contributed by atoms with Crippen molar-refractivity contribution in [1.29, 1.82) is 0 Å². The van der Waals surface area contributed by atoms with E-state index in [1.165, 1.54) is 22.6 Å². The first-order valence-electron chi connectivity index (χ1n) is 5.81. The number of benzene rings is 2. The van der Waals surface area contributed by atoms with Crippen molar-refractivity contribution in [3.8, 4) is 0 Å². The van der Waals surface area contributed by atoms with Gasteiger partial charge in [0.2, 0.25) is 0 Å². The normalized spacial score (nSPS) is 10.2. The topological polar surface area (TPSA) is 72.2 Å². The first-order valence-corrected chi connectivity index (χ1v) is 7.97. The molecule has 104 valence electrons. The number of halogens is 1. The summed E-state index contributed by atoms with van der Waals surface area (Å²) in [4.78, 5) is 21.1. The molecule has 0 heterocycles. The fraction of sp³-hybridized carbons (Fsp3) is 0.0714. The van der Waals surface area contributed by atoms with Crippen LogP contribution in [0.3, 0.4) is 0 Å². The molecule has 5 nitrogen and oxygen atoms in total. The van der Waals surface area contributed by atoms with Gasteiger partial charge in [0.15, 0.2) is 0 Å². The van der Waals surface area contributed by atoms with E-state index in [1.807, 2.05) is 24.3 Å². The minimum absolute atomic E-state index is 0.0946. The van der Waals surface area contributed by atoms with Crippen molar-refractivity contribution >= 4 is 17.3 Å². The van der Waals surface area contributed by atoms with E-state index in [9.17, 15) is 14.9 Å². The van der Waals surface area contributed by atoms with Gasteiger partial charge in [0.25, 0.3) is 0 Å². The molecule has 1 N–H and O–H groups in total. The van der Waals surface area contributed by atoms with Crippen LogP contribution in [0.15, 0.2) is 48.5 Å². The molecule has 0 spiro atoms. The van der Waals surface area contributed by atoms with E-state index in [4.69, 9.17) is 0 Å². The number of nitrogens with one attached hydrogen (secondary N) is 1. The third kappa shape index (κ3) is 4.02. The minimum atomic E-state index is -0.398. The summed E-state index contributed by atoms with van der Waals surface area (Å²) in [5, 5.41) is 13.3. The summed E-state index contributed by atoms with van der Waals surface area (Å²) in [6.45, 7) is 1.47. The van der Waals surface area contributed by atoms with Crippen LogP contribution in [-0.2, 0) is 4.79 Å². The van der Waals surface area contributed by atoms with Gasteiger partial charge in [-0.2, -0.15) is 0 Å². The molecule has 6 heteroatoms. The van der Waals surface area contributed by atoms with Gasteiger partial charge in [0, 0.05) is 0 Å². The third-order valence-corrected chi connectivity index (χ3v) is 5.10. The van der Waals surface area contributed by atoms with Gasteiger partial charge in [-0.15, -0.1) is 0 Å². The molecule has 0 aliphatic carbocycles. The Labute approximate surface area is 126 Å². The number of nitro groups is 1. The Morgan fingerprint density at radius 1 is 1.05 bits per heavy atom. The molecule has 0 atom stereocenters. The van der Waals surface area contributed by atoms with Crippen molar-refractivity contribution < 1.29 is 30.9 Å². The zero-order valence-electron chi connectivity index (χ0n) is 10.7. The van der Waals surface area contributed by atoms with Crippen molar-refractivity contribution in [1.82, 2.24) is 0 Å². The van der Waals surface area contributed by atoms with Crippen LogP contribution in [0.2, 0.25) is 0 Å². The Bertz CT molecular complexity index is 624. The summed E-state index contributed by atoms with van der Waals surface area (Å²) < 4.78 is 2.30. The number of carbonyl (C=O) groups is 1. The van der Waals surface area contributed by atoms with Gasteiger partial charge >= 0.3 is 126 Å². The SMILES string of the molecule is CC(=O)Nc1ccc([I-]c2ccc([N+](=O)[O-])cc2)cc1. The maximum atomic E-state index is 10.9. The fourth-order valence-corrected chi connectivity index (χ4v) is 3.71. The van der Waals surface area contributed by atoms with Crippen molar-refractivity contribution in [2.45, 2.75) is 6.92 Å². The molecular formula is C14H12IN2O3-. The van der Waals surface area contributed by atoms with Crippen LogP contribution < -0.4 is 26.5 Å². The van der Waals surface area contributed by atoms with Gasteiger partial charge in [0.1, 0.15) is 0 Å². The average molecular weight is 383 g/mol. The number of hydrogen-bond acceptors (Lipinski definition) is 3. The van der Waals surface area contributed by atoms with Crippen molar-refractivity contribution in [2.24, 2.45) is 0 Å². The van der Waals surface area contributed by atoms with Crippen LogP contribution in [0.25, 0.3) is 0 Å². The molecule has 20 heavy (non-hydrogen) atoms. The Morgan fingerprint density at radius 2 is 1.55 bits per heavy atom. The van der Waals surface area contributed by atoms with Gasteiger partial charge in [-0.3, -0.25) is 0 Å². The zero-order chi connectivity index (χ0) is 14.5. The van der Waals surface area contributed by atoms with Gasteiger partial charge in [0.05, 0.1) is 0 Å². The molecule has 0 aliphatic heterocycles. The van der Waals surface area contributed by atoms with E-state index >= 15 is 0 Å². The van der Waals surface area contributed by atoms with Crippen LogP contribution in [0.1, 0.15) is 6.92 Å². The quantitative estimate of drug-likeness (QED) is 0.447. The number of hydrogen-bond donors (Lipinski definition) is 1. The molecule has 0 fully saturated rings. The van der Waals surface area contributed by atoms with E-state index in [0.717, 1.165) is 9.26 Å². The van der Waals surface area contributed by atoms with Crippen LogP contribution >= 0.6 is 0 Å². The molecule has 0 saturated carbocycles. The fourth-order valence-electron chi connectivity index (χ4n) is 1.55. The monoisotopic (exact) mass is 383 g/mol. The standard InChI is InChI=1S/C14H12IN2O3/c1-10(18)16-13-6-2-11(3-7-13)15-12-4-8-14(9-5-12)17(19)20/h2-9H,1H3,(H,16,18)/q-1. The number of nitrogens with zero attached hydrogens (tertiary/aromatic N) is 1. The number of anilines is 1. The molecule has 1 amide bonds. The number of amides is 1. The second-order valence-electron chi connectivity index (χ2n) is 4.02. The van der Waals surface area contributed by atoms with Gasteiger partial charge in [-0.1, -0.05) is 0 Å². The van der Waals surface area contributed by atoms with E-state index < -0.39 is 4.92 Å². The molecule has 2 aromatic rings. The van der Waals surface area contributed by atoms with Crippen molar-refractivity contribution in [3.63, 3.8) is 0 Å². The van der Waals surface area contributed by atoms with Crippen molar-refractivity contribution in [2.75, 3.05) is 5.32 Å². The summed E-state index contributed by atoms with van der Waals surface area (Å²) in [5.74, 6) is -0.0946. The number of rotatable bonds is 4. The zero-order valence-corrected chi connectivity index (χ0v) is 12.8. The Balaban J connectivity index is 2.06. The molecular weight excluding hydrogens is 371 g/mol. The second kappa shape index (κ2) is 6.47. The summed E-state index contributed by atoms with van der Waals surface area (Å²) in [6.07, 6.45) is 0. The number of non-ortho nitro benzene ring substituents is 1. The third-order valence-electron chi connectivity index (χ3n) is 2.42. The average Bonchev–Trinajstić information content (AvgIpc) is 2.41. The van der Waals surface area contributed by atoms with Gasteiger partial charge < -0.3 is 0 Å². The van der Waals surface area contributed by atoms with Crippen LogP contribution in [0.4, 0.5) is 11.4 Å². The van der Waals surface area contributed by atoms with Crippen LogP contribution in [-0.4, -0.2) is 10.8 Å². The molecule has 0 radical (unpaired) electrons.